The largest absolute Gasteiger partial charge is 0.378 e. The molecular formula is C18H22N6O3S. The number of benzene rings is 1. The molecule has 0 atom stereocenters. The van der Waals surface area contributed by atoms with E-state index < -0.39 is 10.0 Å². The van der Waals surface area contributed by atoms with Gasteiger partial charge in [-0.05, 0) is 19.1 Å². The molecule has 1 aromatic carbocycles. The molecule has 0 radical (unpaired) electrons. The predicted octanol–water partition coefficient (Wildman–Crippen LogP) is 0.884. The van der Waals surface area contributed by atoms with Crippen molar-refractivity contribution in [2.45, 2.75) is 11.8 Å². The Bertz CT molecular complexity index is 968. The van der Waals surface area contributed by atoms with E-state index in [0.29, 0.717) is 31.4 Å². The number of aryl methyl sites for hydroxylation is 1. The van der Waals surface area contributed by atoms with Gasteiger partial charge in [-0.15, -0.1) is 0 Å². The third-order valence-corrected chi connectivity index (χ3v) is 5.70. The second-order valence-corrected chi connectivity index (χ2v) is 7.93. The quantitative estimate of drug-likeness (QED) is 0.655. The van der Waals surface area contributed by atoms with Crippen LogP contribution in [0.1, 0.15) is 11.4 Å². The lowest BCUT2D eigenvalue weighted by Crippen LogP contribution is -2.37. The van der Waals surface area contributed by atoms with Gasteiger partial charge in [0.15, 0.2) is 0 Å². The predicted molar refractivity (Wildman–Crippen MR) is 105 cm³/mol. The molecule has 28 heavy (non-hydrogen) atoms. The van der Waals surface area contributed by atoms with Crippen LogP contribution in [0.4, 0.5) is 11.6 Å². The minimum absolute atomic E-state index is 0.0232. The number of morpholine rings is 1. The van der Waals surface area contributed by atoms with Crippen LogP contribution < -0.4 is 14.9 Å². The van der Waals surface area contributed by atoms with Crippen molar-refractivity contribution in [2.24, 2.45) is 0 Å². The topological polar surface area (TPSA) is 120 Å². The lowest BCUT2D eigenvalue weighted by molar-refractivity contribution is 0.122. The first kappa shape index (κ1) is 20.0. The summed E-state index contributed by atoms with van der Waals surface area (Å²) in [5.41, 5.74) is 0.115. The maximum atomic E-state index is 12.4. The van der Waals surface area contributed by atoms with Gasteiger partial charge in [0.05, 0.1) is 23.7 Å². The van der Waals surface area contributed by atoms with Gasteiger partial charge in [-0.3, -0.25) is 0 Å². The smallest absolute Gasteiger partial charge is 0.241 e. The molecule has 2 heterocycles. The summed E-state index contributed by atoms with van der Waals surface area (Å²) in [5.74, 6) is 2.09. The number of nitriles is 1. The average molecular weight is 402 g/mol. The fourth-order valence-electron chi connectivity index (χ4n) is 2.84. The monoisotopic (exact) mass is 402 g/mol. The third-order valence-electron chi connectivity index (χ3n) is 4.18. The summed E-state index contributed by atoms with van der Waals surface area (Å²) in [6.07, 6.45) is 0. The molecule has 0 bridgehead atoms. The summed E-state index contributed by atoms with van der Waals surface area (Å²) in [6.45, 7) is 5.18. The minimum atomic E-state index is -3.76. The highest BCUT2D eigenvalue weighted by molar-refractivity contribution is 7.89. The molecule has 0 aliphatic carbocycles. The zero-order valence-corrected chi connectivity index (χ0v) is 16.4. The summed E-state index contributed by atoms with van der Waals surface area (Å²) < 4.78 is 32.7. The third kappa shape index (κ3) is 4.95. The summed E-state index contributed by atoms with van der Waals surface area (Å²) in [4.78, 5) is 10.9. The molecule has 9 nitrogen and oxygen atoms in total. The maximum absolute atomic E-state index is 12.4. The number of ether oxygens (including phenoxy) is 1. The molecule has 0 amide bonds. The lowest BCUT2D eigenvalue weighted by Gasteiger charge is -2.28. The number of hydrogen-bond donors (Lipinski definition) is 2. The van der Waals surface area contributed by atoms with Crippen LogP contribution >= 0.6 is 0 Å². The van der Waals surface area contributed by atoms with Gasteiger partial charge in [0.1, 0.15) is 23.5 Å². The number of aromatic nitrogens is 2. The van der Waals surface area contributed by atoms with E-state index in [-0.39, 0.29) is 17.0 Å². The Balaban J connectivity index is 1.59. The van der Waals surface area contributed by atoms with Crippen molar-refractivity contribution in [1.29, 1.82) is 5.26 Å². The first-order valence-corrected chi connectivity index (χ1v) is 10.4. The normalized spacial score (nSPS) is 14.5. The minimum Gasteiger partial charge on any atom is -0.378 e. The Morgan fingerprint density at radius 2 is 1.96 bits per heavy atom. The Hall–Kier alpha value is -2.74. The highest BCUT2D eigenvalue weighted by Gasteiger charge is 2.18. The molecular weight excluding hydrogens is 380 g/mol. The summed E-state index contributed by atoms with van der Waals surface area (Å²) >= 11 is 0. The van der Waals surface area contributed by atoms with Crippen LogP contribution in [0.5, 0.6) is 0 Å². The van der Waals surface area contributed by atoms with E-state index in [1.54, 1.807) is 12.1 Å². The molecule has 10 heteroatoms. The number of nitrogens with zero attached hydrogens (tertiary/aromatic N) is 4. The van der Waals surface area contributed by atoms with Gasteiger partial charge in [-0.2, -0.15) is 5.26 Å². The van der Waals surface area contributed by atoms with Crippen molar-refractivity contribution >= 4 is 21.7 Å². The van der Waals surface area contributed by atoms with Gasteiger partial charge in [-0.25, -0.2) is 23.1 Å². The van der Waals surface area contributed by atoms with Crippen molar-refractivity contribution in [3.05, 3.63) is 41.7 Å². The molecule has 0 spiro atoms. The van der Waals surface area contributed by atoms with Crippen LogP contribution in [0.25, 0.3) is 0 Å². The lowest BCUT2D eigenvalue weighted by atomic mass is 10.2. The van der Waals surface area contributed by atoms with Gasteiger partial charge >= 0.3 is 0 Å². The molecule has 1 aliphatic rings. The average Bonchev–Trinajstić information content (AvgIpc) is 2.71. The first-order valence-electron chi connectivity index (χ1n) is 8.90. The van der Waals surface area contributed by atoms with E-state index in [1.807, 2.05) is 19.1 Å². The molecule has 1 aliphatic heterocycles. The van der Waals surface area contributed by atoms with E-state index in [2.05, 4.69) is 24.9 Å². The Morgan fingerprint density at radius 1 is 1.21 bits per heavy atom. The summed E-state index contributed by atoms with van der Waals surface area (Å²) in [5, 5.41) is 12.2. The van der Waals surface area contributed by atoms with Gasteiger partial charge in [0, 0.05) is 32.2 Å². The standard InChI is InChI=1S/C18H22N6O3S/c1-14-22-17(12-18(23-14)24-8-10-27-11-9-24)20-6-7-21-28(25,26)16-5-3-2-4-15(16)13-19/h2-5,12,21H,6-11H2,1H3,(H,20,22,23). The number of sulfonamides is 1. The first-order chi connectivity index (χ1) is 13.5. The van der Waals surface area contributed by atoms with Gasteiger partial charge in [0.2, 0.25) is 10.0 Å². The Morgan fingerprint density at radius 3 is 2.71 bits per heavy atom. The molecule has 1 fully saturated rings. The van der Waals surface area contributed by atoms with Crippen LogP contribution in [0.3, 0.4) is 0 Å². The molecule has 0 unspecified atom stereocenters. The molecule has 148 valence electrons. The molecule has 2 aromatic rings. The molecule has 1 saturated heterocycles. The van der Waals surface area contributed by atoms with E-state index >= 15 is 0 Å². The SMILES string of the molecule is Cc1nc(NCCNS(=O)(=O)c2ccccc2C#N)cc(N2CCOCC2)n1. The highest BCUT2D eigenvalue weighted by Crippen LogP contribution is 2.17. The maximum Gasteiger partial charge on any atom is 0.241 e. The molecule has 0 saturated carbocycles. The van der Waals surface area contributed by atoms with E-state index in [4.69, 9.17) is 10.00 Å². The van der Waals surface area contributed by atoms with Crippen molar-refractivity contribution in [3.8, 4) is 6.07 Å². The van der Waals surface area contributed by atoms with E-state index in [1.165, 1.54) is 12.1 Å². The van der Waals surface area contributed by atoms with E-state index in [9.17, 15) is 8.42 Å². The zero-order chi connectivity index (χ0) is 20.0. The van der Waals surface area contributed by atoms with Crippen LogP contribution in [0.2, 0.25) is 0 Å². The molecule has 1 aromatic heterocycles. The molecule has 2 N–H and O–H groups in total. The van der Waals surface area contributed by atoms with Gasteiger partial charge in [-0.1, -0.05) is 12.1 Å². The molecule has 3 rings (SSSR count). The van der Waals surface area contributed by atoms with Crippen molar-refractivity contribution in [1.82, 2.24) is 14.7 Å². The fraction of sp³-hybridized carbons (Fsp3) is 0.389. The number of hydrogen-bond acceptors (Lipinski definition) is 8. The number of anilines is 2. The Labute approximate surface area is 164 Å². The Kier molecular flexibility index (Phi) is 6.41. The van der Waals surface area contributed by atoms with Crippen molar-refractivity contribution in [3.63, 3.8) is 0 Å². The van der Waals surface area contributed by atoms with Crippen LogP contribution in [0, 0.1) is 18.3 Å². The van der Waals surface area contributed by atoms with Crippen molar-refractivity contribution < 1.29 is 13.2 Å². The number of nitrogens with one attached hydrogen (secondary N) is 2. The second-order valence-electron chi connectivity index (χ2n) is 6.19. The number of rotatable bonds is 7. The fourth-order valence-corrected chi connectivity index (χ4v) is 4.03. The second kappa shape index (κ2) is 8.97. The highest BCUT2D eigenvalue weighted by atomic mass is 32.2. The summed E-state index contributed by atoms with van der Waals surface area (Å²) in [7, 11) is -3.76. The zero-order valence-electron chi connectivity index (χ0n) is 15.6. The van der Waals surface area contributed by atoms with Gasteiger partial charge in [0.25, 0.3) is 0 Å². The summed E-state index contributed by atoms with van der Waals surface area (Å²) in [6, 6.07) is 9.85. The van der Waals surface area contributed by atoms with Crippen LogP contribution in [-0.2, 0) is 14.8 Å². The van der Waals surface area contributed by atoms with Crippen LogP contribution in [0.15, 0.2) is 35.2 Å². The van der Waals surface area contributed by atoms with E-state index in [0.717, 1.165) is 18.9 Å². The van der Waals surface area contributed by atoms with Crippen molar-refractivity contribution in [2.75, 3.05) is 49.6 Å². The van der Waals surface area contributed by atoms with Gasteiger partial charge < -0.3 is 15.0 Å². The van der Waals surface area contributed by atoms with Crippen LogP contribution in [-0.4, -0.2) is 57.8 Å².